The Morgan fingerprint density at radius 2 is 1.08 bits per heavy atom. The maximum atomic E-state index is 10.2. The van der Waals surface area contributed by atoms with Crippen LogP contribution < -0.4 is 22.5 Å². The van der Waals surface area contributed by atoms with Gasteiger partial charge in [-0.2, -0.15) is 0 Å². The van der Waals surface area contributed by atoms with Crippen molar-refractivity contribution in [3.8, 4) is 0 Å². The number of carbonyl (C=O) groups is 1. The van der Waals surface area contributed by atoms with Crippen LogP contribution in [0, 0.1) is 0 Å². The molecule has 0 aromatic carbocycles. The Bertz CT molecular complexity index is 259. The number of quaternary nitrogens is 2. The molecule has 8 N–H and O–H groups in total. The normalized spacial score (nSPS) is 9.72. The van der Waals surface area contributed by atoms with Crippen LogP contribution in [0.4, 0.5) is 0 Å². The van der Waals surface area contributed by atoms with E-state index >= 15 is 0 Å². The lowest BCUT2D eigenvalue weighted by molar-refractivity contribution is -0.361. The molecule has 0 aromatic heterocycles. The van der Waals surface area contributed by atoms with Crippen molar-refractivity contribution in [2.45, 2.75) is 104 Å². The second kappa shape index (κ2) is 30.9. The number of carbonyl (C=O) groups excluding carboxylic acids is 1. The lowest BCUT2D eigenvalue weighted by Gasteiger charge is -2.01. The molecule has 0 heterocycles. The van der Waals surface area contributed by atoms with E-state index in [1.165, 1.54) is 64.2 Å². The molecule has 0 amide bonds. The zero-order valence-corrected chi connectivity index (χ0v) is 17.5. The zero-order valence-electron chi connectivity index (χ0n) is 17.5. The van der Waals surface area contributed by atoms with Crippen molar-refractivity contribution >= 4 is 5.97 Å². The number of hydrogen-bond acceptors (Lipinski definition) is 3. The molecule has 0 aliphatic heterocycles. The summed E-state index contributed by atoms with van der Waals surface area (Å²) in [4.78, 5) is 10.2. The molecule has 5 heteroatoms. The highest BCUT2D eigenvalue weighted by molar-refractivity contribution is 5.63. The minimum atomic E-state index is -0.914. The average molecular weight is 363 g/mol. The first kappa shape index (κ1) is 31.8. The van der Waals surface area contributed by atoms with E-state index < -0.39 is 5.97 Å². The number of hydrogen-bond donors (Lipinski definition) is 2. The summed E-state index contributed by atoms with van der Waals surface area (Å²) in [6.07, 6.45) is 20.9. The molecule has 154 valence electrons. The molecule has 0 unspecified atom stereocenters. The number of unbranched alkanes of at least 4 members (excludes halogenated alkanes) is 11. The zero-order chi connectivity index (χ0) is 17.6. The Hall–Kier alpha value is -0.910. The molecule has 25 heavy (non-hydrogen) atoms. The third-order valence-electron chi connectivity index (χ3n) is 3.64. The van der Waals surface area contributed by atoms with Crippen LogP contribution in [0.3, 0.4) is 0 Å². The number of rotatable bonds is 15. The molecule has 0 spiro atoms. The molecule has 0 saturated heterocycles. The summed E-state index contributed by atoms with van der Waals surface area (Å²) in [6.45, 7) is 3.83. The van der Waals surface area contributed by atoms with E-state index in [0.717, 1.165) is 19.3 Å². The standard InChI is InChI=1S/C18H34O2.C2H5O.2H3N/c1-2-3-4-5-6-7-8-9-10-11-12-13-14-15-16-17-18(19)20;1-2-3;;/h9-10H,2-8,11-17H2,1H3,(H,19,20);2H2,1H3;2*1H3/q;-1;;/p+1/b10-9-;;;. The lowest BCUT2D eigenvalue weighted by atomic mass is 10.1. The van der Waals surface area contributed by atoms with Crippen molar-refractivity contribution in [2.75, 3.05) is 6.61 Å². The van der Waals surface area contributed by atoms with Crippen LogP contribution in [0.15, 0.2) is 12.2 Å². The molecule has 0 atom stereocenters. The van der Waals surface area contributed by atoms with Crippen LogP contribution >= 0.6 is 0 Å². The Morgan fingerprint density at radius 1 is 0.720 bits per heavy atom. The molecule has 0 aliphatic rings. The van der Waals surface area contributed by atoms with Crippen LogP contribution in [0.1, 0.15) is 104 Å². The Morgan fingerprint density at radius 3 is 1.48 bits per heavy atom. The van der Waals surface area contributed by atoms with Crippen LogP contribution in [0.25, 0.3) is 0 Å². The molecular weight excluding hydrogens is 316 g/mol. The van der Waals surface area contributed by atoms with Gasteiger partial charge >= 0.3 is 0 Å². The van der Waals surface area contributed by atoms with E-state index in [1.54, 1.807) is 6.92 Å². The summed E-state index contributed by atoms with van der Waals surface area (Å²) < 4.78 is 0. The van der Waals surface area contributed by atoms with E-state index in [4.69, 9.17) is 5.11 Å². The van der Waals surface area contributed by atoms with Crippen molar-refractivity contribution < 1.29 is 15.0 Å². The fourth-order valence-corrected chi connectivity index (χ4v) is 2.34. The molecule has 0 aromatic rings. The SMILES string of the molecule is CCCCCCCC/C=C\CCCCCCCC(=O)[O-].CC[O-].[NH4+].[NH4+]. The van der Waals surface area contributed by atoms with Crippen LogP contribution in [-0.2, 0) is 4.79 Å². The van der Waals surface area contributed by atoms with Crippen molar-refractivity contribution in [2.24, 2.45) is 0 Å². The van der Waals surface area contributed by atoms with E-state index in [1.807, 2.05) is 0 Å². The second-order valence-electron chi connectivity index (χ2n) is 5.99. The summed E-state index contributed by atoms with van der Waals surface area (Å²) >= 11 is 0. The summed E-state index contributed by atoms with van der Waals surface area (Å²) in [5.41, 5.74) is 0. The molecule has 5 nitrogen and oxygen atoms in total. The van der Waals surface area contributed by atoms with Gasteiger partial charge in [0.2, 0.25) is 0 Å². The predicted octanol–water partition coefficient (Wildman–Crippen LogP) is 4.89. The van der Waals surface area contributed by atoms with Crippen LogP contribution in [0.5, 0.6) is 0 Å². The Labute approximate surface area is 156 Å². The van der Waals surface area contributed by atoms with Crippen molar-refractivity contribution in [3.63, 3.8) is 0 Å². The highest BCUT2D eigenvalue weighted by atomic mass is 16.4. The molecule has 0 saturated carbocycles. The van der Waals surface area contributed by atoms with Gasteiger partial charge in [0, 0.05) is 5.97 Å². The maximum Gasteiger partial charge on any atom is 0.0414 e. The fraction of sp³-hybridized carbons (Fsp3) is 0.850. The van der Waals surface area contributed by atoms with E-state index in [-0.39, 0.29) is 25.3 Å². The average Bonchev–Trinajstić information content (AvgIpc) is 2.51. The second-order valence-corrected chi connectivity index (χ2v) is 5.99. The summed E-state index contributed by atoms with van der Waals surface area (Å²) in [5, 5.41) is 19.1. The first-order valence-electron chi connectivity index (χ1n) is 9.61. The van der Waals surface area contributed by atoms with E-state index in [9.17, 15) is 9.90 Å². The van der Waals surface area contributed by atoms with Gasteiger partial charge in [0.1, 0.15) is 0 Å². The number of aliphatic carboxylic acids is 1. The Balaban J connectivity index is -0.000000409. The van der Waals surface area contributed by atoms with Gasteiger partial charge in [-0.05, 0) is 38.5 Å². The van der Waals surface area contributed by atoms with Crippen LogP contribution in [0.2, 0.25) is 0 Å². The molecule has 0 rings (SSSR count). The third kappa shape index (κ3) is 39.7. The highest BCUT2D eigenvalue weighted by Gasteiger charge is 1.91. The molecule has 0 aliphatic carbocycles. The minimum Gasteiger partial charge on any atom is -0.855 e. The van der Waals surface area contributed by atoms with Gasteiger partial charge in [-0.25, -0.2) is 0 Å². The number of allylic oxidation sites excluding steroid dienone is 2. The van der Waals surface area contributed by atoms with Gasteiger partial charge < -0.3 is 27.3 Å². The predicted molar refractivity (Wildman–Crippen MR) is 107 cm³/mol. The smallest absolute Gasteiger partial charge is 0.0414 e. The molecule has 0 bridgehead atoms. The van der Waals surface area contributed by atoms with Gasteiger partial charge in [0.25, 0.3) is 0 Å². The van der Waals surface area contributed by atoms with Gasteiger partial charge in [-0.15, -0.1) is 6.61 Å². The molecule has 0 fully saturated rings. The largest absolute Gasteiger partial charge is 0.855 e. The quantitative estimate of drug-likeness (QED) is 0.317. The van der Waals surface area contributed by atoms with Crippen molar-refractivity contribution in [1.82, 2.24) is 12.3 Å². The van der Waals surface area contributed by atoms with Gasteiger partial charge in [-0.1, -0.05) is 77.4 Å². The maximum absolute atomic E-state index is 10.2. The monoisotopic (exact) mass is 362 g/mol. The summed E-state index contributed by atoms with van der Waals surface area (Å²) in [5.74, 6) is -0.914. The number of carboxylic acids is 1. The summed E-state index contributed by atoms with van der Waals surface area (Å²) in [6, 6.07) is 0. The molecular formula is C20H46N2O3. The van der Waals surface area contributed by atoms with Gasteiger partial charge in [-0.3, -0.25) is 0 Å². The van der Waals surface area contributed by atoms with Crippen molar-refractivity contribution in [1.29, 1.82) is 0 Å². The van der Waals surface area contributed by atoms with E-state index in [2.05, 4.69) is 19.1 Å². The van der Waals surface area contributed by atoms with Crippen molar-refractivity contribution in [3.05, 3.63) is 12.2 Å². The first-order chi connectivity index (χ1) is 11.2. The fourth-order valence-electron chi connectivity index (χ4n) is 2.34. The topological polar surface area (TPSA) is 136 Å². The third-order valence-corrected chi connectivity index (χ3v) is 3.64. The van der Waals surface area contributed by atoms with E-state index in [0.29, 0.717) is 0 Å². The van der Waals surface area contributed by atoms with Crippen LogP contribution in [-0.4, -0.2) is 12.6 Å². The number of carboxylic acid groups (broad SMARTS) is 1. The minimum absolute atomic E-state index is 0. The molecule has 0 radical (unpaired) electrons. The van der Waals surface area contributed by atoms with Gasteiger partial charge in [0.15, 0.2) is 0 Å². The first-order valence-corrected chi connectivity index (χ1v) is 9.61. The lowest BCUT2D eigenvalue weighted by Crippen LogP contribution is -2.21. The summed E-state index contributed by atoms with van der Waals surface area (Å²) in [7, 11) is 0. The van der Waals surface area contributed by atoms with Gasteiger partial charge in [0.05, 0.1) is 0 Å². The Kier molecular flexibility index (Phi) is 39.4. The highest BCUT2D eigenvalue weighted by Crippen LogP contribution is 2.09.